The van der Waals surface area contributed by atoms with E-state index < -0.39 is 5.97 Å². The van der Waals surface area contributed by atoms with Crippen molar-refractivity contribution in [2.75, 3.05) is 20.7 Å². The Labute approximate surface area is 108 Å². The molecular weight excluding hydrogens is 230 g/mol. The fraction of sp³-hybridized carbons (Fsp3) is 0.500. The lowest BCUT2D eigenvalue weighted by molar-refractivity contribution is -0.138. The lowest BCUT2D eigenvalue weighted by atomic mass is 10.0. The van der Waals surface area contributed by atoms with E-state index >= 15 is 0 Å². The van der Waals surface area contributed by atoms with E-state index in [0.29, 0.717) is 6.61 Å². The van der Waals surface area contributed by atoms with E-state index in [0.717, 1.165) is 17.7 Å². The van der Waals surface area contributed by atoms with Crippen LogP contribution in [-0.4, -0.2) is 42.7 Å². The van der Waals surface area contributed by atoms with Gasteiger partial charge in [0.15, 0.2) is 0 Å². The number of rotatable bonds is 7. The lowest BCUT2D eigenvalue weighted by Crippen LogP contribution is -2.32. The molecule has 0 saturated carbocycles. The smallest absolute Gasteiger partial charge is 0.304 e. The second kappa shape index (κ2) is 7.01. The van der Waals surface area contributed by atoms with Crippen molar-refractivity contribution in [3.8, 4) is 5.75 Å². The fourth-order valence-corrected chi connectivity index (χ4v) is 1.80. The molecule has 18 heavy (non-hydrogen) atoms. The van der Waals surface area contributed by atoms with Crippen molar-refractivity contribution < 1.29 is 14.6 Å². The van der Waals surface area contributed by atoms with Gasteiger partial charge in [0.2, 0.25) is 0 Å². The largest absolute Gasteiger partial charge is 0.494 e. The predicted molar refractivity (Wildman–Crippen MR) is 71.0 cm³/mol. The van der Waals surface area contributed by atoms with Crippen LogP contribution in [0.2, 0.25) is 0 Å². The zero-order valence-corrected chi connectivity index (χ0v) is 11.2. The average Bonchev–Trinajstić information content (AvgIpc) is 2.30. The van der Waals surface area contributed by atoms with Gasteiger partial charge in [-0.25, -0.2) is 0 Å². The number of carboxylic acids is 1. The fourth-order valence-electron chi connectivity index (χ4n) is 1.80. The summed E-state index contributed by atoms with van der Waals surface area (Å²) in [6.07, 6.45) is 0.881. The van der Waals surface area contributed by atoms with Crippen LogP contribution in [0.4, 0.5) is 0 Å². The van der Waals surface area contributed by atoms with Crippen LogP contribution in [0.5, 0.6) is 5.75 Å². The van der Waals surface area contributed by atoms with Gasteiger partial charge < -0.3 is 14.7 Å². The topological polar surface area (TPSA) is 49.8 Å². The molecule has 0 bridgehead atoms. The normalized spacial score (nSPS) is 12.4. The SMILES string of the molecule is CCOc1ccc(CC(CC(=O)O)N(C)C)cc1. The number of carboxylic acid groups (broad SMARTS) is 1. The van der Waals surface area contributed by atoms with Gasteiger partial charge in [-0.1, -0.05) is 12.1 Å². The summed E-state index contributed by atoms with van der Waals surface area (Å²) in [4.78, 5) is 12.7. The number of nitrogens with zero attached hydrogens (tertiary/aromatic N) is 1. The van der Waals surface area contributed by atoms with Gasteiger partial charge in [-0.05, 0) is 45.1 Å². The highest BCUT2D eigenvalue weighted by molar-refractivity contribution is 5.67. The van der Waals surface area contributed by atoms with E-state index in [1.54, 1.807) is 0 Å². The Hall–Kier alpha value is -1.55. The molecule has 0 aromatic heterocycles. The summed E-state index contributed by atoms with van der Waals surface area (Å²) in [6, 6.07) is 7.84. The Morgan fingerprint density at radius 2 is 1.94 bits per heavy atom. The molecule has 0 radical (unpaired) electrons. The number of hydrogen-bond donors (Lipinski definition) is 1. The molecule has 1 aromatic rings. The minimum Gasteiger partial charge on any atom is -0.494 e. The van der Waals surface area contributed by atoms with Crippen LogP contribution in [0.3, 0.4) is 0 Å². The average molecular weight is 251 g/mol. The molecule has 1 atom stereocenters. The second-order valence-electron chi connectivity index (χ2n) is 4.50. The molecule has 1 rings (SSSR count). The highest BCUT2D eigenvalue weighted by Crippen LogP contribution is 2.15. The maximum Gasteiger partial charge on any atom is 0.304 e. The lowest BCUT2D eigenvalue weighted by Gasteiger charge is -2.22. The number of hydrogen-bond acceptors (Lipinski definition) is 3. The second-order valence-corrected chi connectivity index (χ2v) is 4.50. The molecule has 4 nitrogen and oxygen atoms in total. The Morgan fingerprint density at radius 3 is 2.39 bits per heavy atom. The zero-order valence-electron chi connectivity index (χ0n) is 11.2. The molecule has 0 aliphatic rings. The minimum atomic E-state index is -0.764. The van der Waals surface area contributed by atoms with Crippen LogP contribution in [0, 0.1) is 0 Å². The van der Waals surface area contributed by atoms with E-state index in [-0.39, 0.29) is 12.5 Å². The van der Waals surface area contributed by atoms with Crippen molar-refractivity contribution in [3.05, 3.63) is 29.8 Å². The summed E-state index contributed by atoms with van der Waals surface area (Å²) in [5, 5.41) is 8.88. The third-order valence-electron chi connectivity index (χ3n) is 2.85. The summed E-state index contributed by atoms with van der Waals surface area (Å²) < 4.78 is 5.37. The van der Waals surface area contributed by atoms with Crippen molar-refractivity contribution in [2.45, 2.75) is 25.8 Å². The van der Waals surface area contributed by atoms with Gasteiger partial charge in [-0.15, -0.1) is 0 Å². The van der Waals surface area contributed by atoms with Crippen molar-refractivity contribution in [3.63, 3.8) is 0 Å². The van der Waals surface area contributed by atoms with Gasteiger partial charge in [-0.2, -0.15) is 0 Å². The Balaban J connectivity index is 2.65. The first kappa shape index (κ1) is 14.5. The molecule has 0 fully saturated rings. The summed E-state index contributed by atoms with van der Waals surface area (Å²) in [7, 11) is 3.81. The van der Waals surface area contributed by atoms with E-state index in [4.69, 9.17) is 9.84 Å². The summed E-state index contributed by atoms with van der Waals surface area (Å²) in [5.41, 5.74) is 1.12. The number of likely N-dealkylation sites (N-methyl/N-ethyl adjacent to an activating group) is 1. The number of benzene rings is 1. The van der Waals surface area contributed by atoms with Gasteiger partial charge in [0.1, 0.15) is 5.75 Å². The highest BCUT2D eigenvalue weighted by Gasteiger charge is 2.15. The molecule has 0 saturated heterocycles. The first-order chi connectivity index (χ1) is 8.52. The van der Waals surface area contributed by atoms with Crippen LogP contribution in [-0.2, 0) is 11.2 Å². The third-order valence-corrected chi connectivity index (χ3v) is 2.85. The Morgan fingerprint density at radius 1 is 1.33 bits per heavy atom. The van der Waals surface area contributed by atoms with Crippen molar-refractivity contribution >= 4 is 5.97 Å². The van der Waals surface area contributed by atoms with Gasteiger partial charge in [0.25, 0.3) is 0 Å². The zero-order chi connectivity index (χ0) is 13.5. The standard InChI is InChI=1S/C14H21NO3/c1-4-18-13-7-5-11(6-8-13)9-12(15(2)3)10-14(16)17/h5-8,12H,4,9-10H2,1-3H3,(H,16,17). The van der Waals surface area contributed by atoms with Crippen molar-refractivity contribution in [2.24, 2.45) is 0 Å². The van der Waals surface area contributed by atoms with Crippen LogP contribution in [0.25, 0.3) is 0 Å². The van der Waals surface area contributed by atoms with Crippen molar-refractivity contribution in [1.82, 2.24) is 4.90 Å². The Kier molecular flexibility index (Phi) is 5.65. The van der Waals surface area contributed by atoms with Crippen LogP contribution in [0.1, 0.15) is 18.9 Å². The van der Waals surface area contributed by atoms with Gasteiger partial charge >= 0.3 is 5.97 Å². The Bertz CT molecular complexity index is 373. The van der Waals surface area contributed by atoms with Gasteiger partial charge in [0, 0.05) is 6.04 Å². The predicted octanol–water partition coefficient (Wildman–Crippen LogP) is 2.03. The maximum absolute atomic E-state index is 10.8. The van der Waals surface area contributed by atoms with Crippen molar-refractivity contribution in [1.29, 1.82) is 0 Å². The molecule has 4 heteroatoms. The number of carbonyl (C=O) groups is 1. The summed E-state index contributed by atoms with van der Waals surface area (Å²) in [5.74, 6) is 0.0838. The molecule has 0 spiro atoms. The van der Waals surface area contributed by atoms with Gasteiger partial charge in [-0.3, -0.25) is 4.79 Å². The number of ether oxygens (including phenoxy) is 1. The van der Waals surface area contributed by atoms with Crippen LogP contribution >= 0.6 is 0 Å². The first-order valence-corrected chi connectivity index (χ1v) is 6.13. The van der Waals surface area contributed by atoms with Crippen LogP contribution < -0.4 is 4.74 Å². The molecule has 0 amide bonds. The van der Waals surface area contributed by atoms with Crippen LogP contribution in [0.15, 0.2) is 24.3 Å². The van der Waals surface area contributed by atoms with E-state index in [9.17, 15) is 4.79 Å². The molecule has 0 heterocycles. The van der Waals surface area contributed by atoms with E-state index in [1.807, 2.05) is 50.2 Å². The quantitative estimate of drug-likeness (QED) is 0.805. The molecule has 1 aromatic carbocycles. The molecular formula is C14H21NO3. The van der Waals surface area contributed by atoms with E-state index in [1.165, 1.54) is 0 Å². The highest BCUT2D eigenvalue weighted by atomic mass is 16.5. The first-order valence-electron chi connectivity index (χ1n) is 6.13. The third kappa shape index (κ3) is 4.75. The number of aliphatic carboxylic acids is 1. The molecule has 1 unspecified atom stereocenters. The molecule has 1 N–H and O–H groups in total. The maximum atomic E-state index is 10.8. The van der Waals surface area contributed by atoms with E-state index in [2.05, 4.69) is 0 Å². The summed E-state index contributed by atoms with van der Waals surface area (Å²) >= 11 is 0. The summed E-state index contributed by atoms with van der Waals surface area (Å²) in [6.45, 7) is 2.60. The monoisotopic (exact) mass is 251 g/mol. The van der Waals surface area contributed by atoms with Gasteiger partial charge in [0.05, 0.1) is 13.0 Å². The molecule has 0 aliphatic heterocycles. The molecule has 0 aliphatic carbocycles. The minimum absolute atomic E-state index is 0.0143. The molecule has 100 valence electrons.